The standard InChI is InChI=1S/C13H13N3S2/c1-3-8-7-9-11(14-2)15-12(16-13(9)18-8)10-5-4-6-17-10/h4-7H,3H2,1-2H3,(H,14,15,16). The maximum atomic E-state index is 4.67. The van der Waals surface area contributed by atoms with Crippen LogP contribution in [0.2, 0.25) is 0 Å². The highest BCUT2D eigenvalue weighted by molar-refractivity contribution is 7.18. The number of aromatic nitrogens is 2. The Hall–Kier alpha value is -1.46. The first-order valence-electron chi connectivity index (χ1n) is 5.84. The second-order valence-corrected chi connectivity index (χ2v) is 5.97. The lowest BCUT2D eigenvalue weighted by molar-refractivity contribution is 1.19. The minimum Gasteiger partial charge on any atom is -0.372 e. The molecule has 0 fully saturated rings. The number of hydrogen-bond acceptors (Lipinski definition) is 5. The number of hydrogen-bond donors (Lipinski definition) is 1. The molecule has 5 heteroatoms. The summed E-state index contributed by atoms with van der Waals surface area (Å²) < 4.78 is 0. The van der Waals surface area contributed by atoms with E-state index in [1.54, 1.807) is 22.7 Å². The van der Waals surface area contributed by atoms with E-state index in [0.717, 1.165) is 33.2 Å². The van der Waals surface area contributed by atoms with Gasteiger partial charge in [-0.05, 0) is 23.9 Å². The first kappa shape index (κ1) is 11.6. The molecule has 0 aliphatic heterocycles. The molecule has 0 saturated carbocycles. The molecule has 3 nitrogen and oxygen atoms in total. The zero-order chi connectivity index (χ0) is 12.5. The lowest BCUT2D eigenvalue weighted by atomic mass is 10.3. The summed E-state index contributed by atoms with van der Waals surface area (Å²) >= 11 is 3.42. The van der Waals surface area contributed by atoms with Gasteiger partial charge in [0.15, 0.2) is 5.82 Å². The molecular formula is C13H13N3S2. The number of nitrogens with zero attached hydrogens (tertiary/aromatic N) is 2. The molecule has 0 bridgehead atoms. The van der Waals surface area contributed by atoms with Crippen molar-refractivity contribution in [1.29, 1.82) is 0 Å². The summed E-state index contributed by atoms with van der Waals surface area (Å²) in [7, 11) is 1.91. The van der Waals surface area contributed by atoms with Crippen LogP contribution in [-0.4, -0.2) is 17.0 Å². The fourth-order valence-electron chi connectivity index (χ4n) is 1.85. The molecule has 0 aromatic carbocycles. The van der Waals surface area contributed by atoms with E-state index in [2.05, 4.69) is 34.3 Å². The summed E-state index contributed by atoms with van der Waals surface area (Å²) in [6.07, 6.45) is 1.04. The lowest BCUT2D eigenvalue weighted by Crippen LogP contribution is -1.96. The number of fused-ring (bicyclic) bond motifs is 1. The van der Waals surface area contributed by atoms with Crippen LogP contribution in [0.4, 0.5) is 5.82 Å². The number of anilines is 1. The smallest absolute Gasteiger partial charge is 0.173 e. The Morgan fingerprint density at radius 2 is 2.22 bits per heavy atom. The number of thiophene rings is 2. The van der Waals surface area contributed by atoms with E-state index in [-0.39, 0.29) is 0 Å². The summed E-state index contributed by atoms with van der Waals surface area (Å²) in [6.45, 7) is 2.16. The van der Waals surface area contributed by atoms with Gasteiger partial charge in [0.1, 0.15) is 10.6 Å². The molecule has 0 aliphatic carbocycles. The van der Waals surface area contributed by atoms with Crippen LogP contribution >= 0.6 is 22.7 Å². The Balaban J connectivity index is 2.24. The molecule has 0 aliphatic rings. The first-order chi connectivity index (χ1) is 8.81. The van der Waals surface area contributed by atoms with Crippen molar-refractivity contribution >= 4 is 38.7 Å². The third-order valence-electron chi connectivity index (χ3n) is 2.77. The molecule has 0 amide bonds. The van der Waals surface area contributed by atoms with Crippen molar-refractivity contribution in [3.05, 3.63) is 28.5 Å². The van der Waals surface area contributed by atoms with Gasteiger partial charge in [-0.3, -0.25) is 0 Å². The third-order valence-corrected chi connectivity index (χ3v) is 4.81. The predicted octanol–water partition coefficient (Wildman–Crippen LogP) is 4.02. The van der Waals surface area contributed by atoms with Crippen LogP contribution in [-0.2, 0) is 6.42 Å². The van der Waals surface area contributed by atoms with E-state index in [1.807, 2.05) is 18.5 Å². The van der Waals surface area contributed by atoms with E-state index in [4.69, 9.17) is 0 Å². The van der Waals surface area contributed by atoms with Gasteiger partial charge < -0.3 is 5.32 Å². The second-order valence-electron chi connectivity index (χ2n) is 3.91. The van der Waals surface area contributed by atoms with Crippen LogP contribution in [0.15, 0.2) is 23.6 Å². The minimum atomic E-state index is 0.811. The lowest BCUT2D eigenvalue weighted by Gasteiger charge is -2.03. The molecule has 3 rings (SSSR count). The summed E-state index contributed by atoms with van der Waals surface area (Å²) in [5.74, 6) is 1.73. The zero-order valence-corrected chi connectivity index (χ0v) is 11.9. The van der Waals surface area contributed by atoms with Crippen LogP contribution in [0.1, 0.15) is 11.8 Å². The quantitative estimate of drug-likeness (QED) is 0.784. The van der Waals surface area contributed by atoms with E-state index < -0.39 is 0 Å². The van der Waals surface area contributed by atoms with Gasteiger partial charge in [-0.15, -0.1) is 22.7 Å². The summed E-state index contributed by atoms with van der Waals surface area (Å²) in [6, 6.07) is 6.27. The van der Waals surface area contributed by atoms with E-state index >= 15 is 0 Å². The predicted molar refractivity (Wildman–Crippen MR) is 79.7 cm³/mol. The van der Waals surface area contributed by atoms with Gasteiger partial charge in [0.2, 0.25) is 0 Å². The minimum absolute atomic E-state index is 0.811. The Morgan fingerprint density at radius 3 is 2.89 bits per heavy atom. The topological polar surface area (TPSA) is 37.8 Å². The third kappa shape index (κ3) is 1.89. The molecule has 1 N–H and O–H groups in total. The zero-order valence-electron chi connectivity index (χ0n) is 10.2. The van der Waals surface area contributed by atoms with Crippen molar-refractivity contribution in [2.45, 2.75) is 13.3 Å². The summed E-state index contributed by atoms with van der Waals surface area (Å²) in [5.41, 5.74) is 0. The van der Waals surface area contributed by atoms with Crippen LogP contribution in [0.5, 0.6) is 0 Å². The van der Waals surface area contributed by atoms with Crippen molar-refractivity contribution in [3.8, 4) is 10.7 Å². The van der Waals surface area contributed by atoms with Crippen LogP contribution in [0.25, 0.3) is 20.9 Å². The average Bonchev–Trinajstić information content (AvgIpc) is 3.05. The molecule has 0 radical (unpaired) electrons. The fraction of sp³-hybridized carbons (Fsp3) is 0.231. The SMILES string of the molecule is CCc1cc2c(NC)nc(-c3cccs3)nc2s1. The Bertz CT molecular complexity index is 671. The molecule has 18 heavy (non-hydrogen) atoms. The number of rotatable bonds is 3. The molecule has 92 valence electrons. The van der Waals surface area contributed by atoms with Crippen molar-refractivity contribution < 1.29 is 0 Å². The molecule has 3 heterocycles. The Morgan fingerprint density at radius 1 is 1.33 bits per heavy atom. The van der Waals surface area contributed by atoms with E-state index in [1.165, 1.54) is 4.88 Å². The monoisotopic (exact) mass is 275 g/mol. The van der Waals surface area contributed by atoms with Crippen LogP contribution < -0.4 is 5.32 Å². The van der Waals surface area contributed by atoms with Crippen molar-refractivity contribution in [1.82, 2.24) is 9.97 Å². The molecule has 0 saturated heterocycles. The van der Waals surface area contributed by atoms with Gasteiger partial charge in [0.05, 0.1) is 10.3 Å². The highest BCUT2D eigenvalue weighted by Gasteiger charge is 2.11. The summed E-state index contributed by atoms with van der Waals surface area (Å²) in [5, 5.41) is 6.34. The Labute approximate surface area is 114 Å². The summed E-state index contributed by atoms with van der Waals surface area (Å²) in [4.78, 5) is 12.8. The highest BCUT2D eigenvalue weighted by Crippen LogP contribution is 2.32. The van der Waals surface area contributed by atoms with Gasteiger partial charge in [-0.1, -0.05) is 13.0 Å². The molecular weight excluding hydrogens is 262 g/mol. The fourth-order valence-corrected chi connectivity index (χ4v) is 3.48. The van der Waals surface area contributed by atoms with Crippen molar-refractivity contribution in [2.24, 2.45) is 0 Å². The first-order valence-corrected chi connectivity index (χ1v) is 7.53. The van der Waals surface area contributed by atoms with Gasteiger partial charge in [-0.2, -0.15) is 0 Å². The van der Waals surface area contributed by atoms with E-state index in [0.29, 0.717) is 0 Å². The normalized spacial score (nSPS) is 11.0. The molecule has 3 aromatic rings. The Kier molecular flexibility index (Phi) is 3.01. The largest absolute Gasteiger partial charge is 0.372 e. The highest BCUT2D eigenvalue weighted by atomic mass is 32.1. The molecule has 0 spiro atoms. The van der Waals surface area contributed by atoms with Crippen molar-refractivity contribution in [3.63, 3.8) is 0 Å². The second kappa shape index (κ2) is 4.66. The van der Waals surface area contributed by atoms with Gasteiger partial charge >= 0.3 is 0 Å². The number of nitrogens with one attached hydrogen (secondary N) is 1. The van der Waals surface area contributed by atoms with Gasteiger partial charge in [-0.25, -0.2) is 9.97 Å². The average molecular weight is 275 g/mol. The number of aryl methyl sites for hydroxylation is 1. The van der Waals surface area contributed by atoms with Crippen LogP contribution in [0, 0.1) is 0 Å². The molecule has 3 aromatic heterocycles. The maximum Gasteiger partial charge on any atom is 0.173 e. The van der Waals surface area contributed by atoms with Crippen molar-refractivity contribution in [2.75, 3.05) is 12.4 Å². The van der Waals surface area contributed by atoms with Crippen LogP contribution in [0.3, 0.4) is 0 Å². The van der Waals surface area contributed by atoms with Gasteiger partial charge in [0, 0.05) is 11.9 Å². The van der Waals surface area contributed by atoms with Gasteiger partial charge in [0.25, 0.3) is 0 Å². The van der Waals surface area contributed by atoms with E-state index in [9.17, 15) is 0 Å². The maximum absolute atomic E-state index is 4.67. The molecule has 0 atom stereocenters. The molecule has 0 unspecified atom stereocenters.